The maximum Gasteiger partial charge on any atom is 0.144 e. The van der Waals surface area contributed by atoms with Gasteiger partial charge in [-0.2, -0.15) is 0 Å². The van der Waals surface area contributed by atoms with Crippen LogP contribution in [0, 0.1) is 5.41 Å². The average molecular weight is 231 g/mol. The van der Waals surface area contributed by atoms with Gasteiger partial charge in [0, 0.05) is 5.41 Å². The summed E-state index contributed by atoms with van der Waals surface area (Å²) in [5.41, 5.74) is 5.28. The Morgan fingerprint density at radius 3 is 2.56 bits per heavy atom. The van der Waals surface area contributed by atoms with Crippen molar-refractivity contribution in [2.24, 2.45) is 16.3 Å². The molecule has 0 aliphatic heterocycles. The Labute approximate surface area is 97.7 Å². The Hall–Kier alpha value is -0.810. The van der Waals surface area contributed by atoms with Gasteiger partial charge in [0.25, 0.3) is 0 Å². The smallest absolute Gasteiger partial charge is 0.144 e. The summed E-state index contributed by atoms with van der Waals surface area (Å²) >= 11 is 0. The molecule has 5 nitrogen and oxygen atoms in total. The van der Waals surface area contributed by atoms with E-state index in [0.717, 1.165) is 32.4 Å². The van der Waals surface area contributed by atoms with Gasteiger partial charge in [-0.3, -0.25) is 0 Å². The number of aliphatic hydroxyl groups excluding tert-OH is 1. The van der Waals surface area contributed by atoms with Gasteiger partial charge >= 0.3 is 0 Å². The number of aliphatic hydroxyl groups is 1. The summed E-state index contributed by atoms with van der Waals surface area (Å²) in [5.74, 6) is 0.262. The molecule has 0 heterocycles. The minimum atomic E-state index is -0.286. The summed E-state index contributed by atoms with van der Waals surface area (Å²) in [6.45, 7) is 7.39. The van der Waals surface area contributed by atoms with Crippen LogP contribution in [0.2, 0.25) is 0 Å². The summed E-state index contributed by atoms with van der Waals surface area (Å²) in [7, 11) is 0. The summed E-state index contributed by atoms with van der Waals surface area (Å²) in [6, 6.07) is 0. The van der Waals surface area contributed by atoms with Gasteiger partial charge in [0.2, 0.25) is 0 Å². The normalized spacial score (nSPS) is 15.1. The molecule has 0 spiro atoms. The van der Waals surface area contributed by atoms with Crippen molar-refractivity contribution in [2.45, 2.75) is 46.1 Å². The van der Waals surface area contributed by atoms with Gasteiger partial charge in [-0.25, -0.2) is 0 Å². The van der Waals surface area contributed by atoms with Crippen molar-refractivity contribution in [1.29, 1.82) is 0 Å². The Morgan fingerprint density at radius 1 is 1.44 bits per heavy atom. The Bertz CT molecular complexity index is 215. The first kappa shape index (κ1) is 15.2. The molecule has 0 radical (unpaired) electrons. The highest BCUT2D eigenvalue weighted by Crippen LogP contribution is 2.19. The maximum atomic E-state index is 9.06. The number of hydrogen-bond donors (Lipinski definition) is 4. The van der Waals surface area contributed by atoms with Crippen LogP contribution in [-0.4, -0.2) is 35.3 Å². The largest absolute Gasteiger partial charge is 0.409 e. The van der Waals surface area contributed by atoms with Gasteiger partial charge < -0.3 is 21.4 Å². The molecule has 5 heteroatoms. The lowest BCUT2D eigenvalue weighted by Gasteiger charge is -2.22. The topological polar surface area (TPSA) is 90.9 Å². The van der Waals surface area contributed by atoms with Gasteiger partial charge in [0.1, 0.15) is 5.84 Å². The second-order valence-electron chi connectivity index (χ2n) is 4.86. The standard InChI is InChI=1S/C11H25N3O2/c1-9(15)5-4-7-13-8-6-11(2,3)10(12)14-16/h9,13,15-16H,4-8H2,1-3H3,(H2,12,14). The summed E-state index contributed by atoms with van der Waals surface area (Å²) < 4.78 is 0. The third kappa shape index (κ3) is 6.63. The monoisotopic (exact) mass is 231 g/mol. The molecule has 0 aliphatic carbocycles. The Morgan fingerprint density at radius 2 is 2.06 bits per heavy atom. The molecule has 16 heavy (non-hydrogen) atoms. The average Bonchev–Trinajstić information content (AvgIpc) is 2.21. The molecule has 0 bridgehead atoms. The Balaban J connectivity index is 3.59. The Kier molecular flexibility index (Phi) is 7.08. The number of nitrogens with zero attached hydrogens (tertiary/aromatic N) is 1. The van der Waals surface area contributed by atoms with Gasteiger partial charge in [-0.05, 0) is 39.3 Å². The van der Waals surface area contributed by atoms with Crippen molar-refractivity contribution in [3.05, 3.63) is 0 Å². The number of nitrogens with one attached hydrogen (secondary N) is 1. The molecule has 1 atom stereocenters. The molecule has 1 unspecified atom stereocenters. The fourth-order valence-corrected chi connectivity index (χ4v) is 1.31. The molecule has 0 saturated carbocycles. The van der Waals surface area contributed by atoms with E-state index in [1.165, 1.54) is 0 Å². The van der Waals surface area contributed by atoms with Crippen molar-refractivity contribution in [2.75, 3.05) is 13.1 Å². The summed E-state index contributed by atoms with van der Waals surface area (Å²) in [4.78, 5) is 0. The fourth-order valence-electron chi connectivity index (χ4n) is 1.31. The van der Waals surface area contributed by atoms with Gasteiger partial charge in [-0.15, -0.1) is 0 Å². The predicted molar refractivity (Wildman–Crippen MR) is 65.6 cm³/mol. The molecule has 0 saturated heterocycles. The van der Waals surface area contributed by atoms with E-state index >= 15 is 0 Å². The third-order valence-corrected chi connectivity index (χ3v) is 2.70. The van der Waals surface area contributed by atoms with E-state index < -0.39 is 0 Å². The van der Waals surface area contributed by atoms with Gasteiger partial charge in [-0.1, -0.05) is 19.0 Å². The SMILES string of the molecule is CC(O)CCCNCCC(C)(C)C(N)=NO. The molecule has 0 aromatic carbocycles. The highest BCUT2D eigenvalue weighted by atomic mass is 16.4. The van der Waals surface area contributed by atoms with Crippen LogP contribution in [0.5, 0.6) is 0 Å². The van der Waals surface area contributed by atoms with Crippen molar-refractivity contribution in [1.82, 2.24) is 5.32 Å². The number of nitrogens with two attached hydrogens (primary N) is 1. The van der Waals surface area contributed by atoms with E-state index in [0.29, 0.717) is 0 Å². The third-order valence-electron chi connectivity index (χ3n) is 2.70. The molecular formula is C11H25N3O2. The first-order valence-electron chi connectivity index (χ1n) is 5.77. The summed E-state index contributed by atoms with van der Waals surface area (Å²) in [6.07, 6.45) is 2.37. The zero-order valence-corrected chi connectivity index (χ0v) is 10.5. The van der Waals surface area contributed by atoms with Crippen LogP contribution < -0.4 is 11.1 Å². The number of rotatable bonds is 8. The summed E-state index contributed by atoms with van der Waals surface area (Å²) in [5, 5.41) is 23.9. The number of oxime groups is 1. The lowest BCUT2D eigenvalue weighted by Crippen LogP contribution is -2.35. The fraction of sp³-hybridized carbons (Fsp3) is 0.909. The molecule has 0 fully saturated rings. The van der Waals surface area contributed by atoms with E-state index in [1.807, 2.05) is 13.8 Å². The number of amidine groups is 1. The highest BCUT2D eigenvalue weighted by molar-refractivity contribution is 5.85. The zero-order chi connectivity index (χ0) is 12.6. The molecule has 0 amide bonds. The van der Waals surface area contributed by atoms with Crippen molar-refractivity contribution in [3.8, 4) is 0 Å². The second kappa shape index (κ2) is 7.46. The lowest BCUT2D eigenvalue weighted by atomic mass is 9.88. The van der Waals surface area contributed by atoms with Crippen molar-refractivity contribution >= 4 is 5.84 Å². The van der Waals surface area contributed by atoms with E-state index in [2.05, 4.69) is 10.5 Å². The molecular weight excluding hydrogens is 206 g/mol. The molecule has 5 N–H and O–H groups in total. The molecule has 96 valence electrons. The van der Waals surface area contributed by atoms with Crippen LogP contribution in [0.4, 0.5) is 0 Å². The highest BCUT2D eigenvalue weighted by Gasteiger charge is 2.22. The van der Waals surface area contributed by atoms with E-state index in [-0.39, 0.29) is 17.4 Å². The van der Waals surface area contributed by atoms with E-state index in [9.17, 15) is 0 Å². The van der Waals surface area contributed by atoms with E-state index in [4.69, 9.17) is 16.0 Å². The van der Waals surface area contributed by atoms with Crippen LogP contribution in [-0.2, 0) is 0 Å². The maximum absolute atomic E-state index is 9.06. The first-order chi connectivity index (χ1) is 7.40. The van der Waals surface area contributed by atoms with Gasteiger partial charge in [0.05, 0.1) is 6.10 Å². The molecule has 0 aromatic heterocycles. The van der Waals surface area contributed by atoms with Crippen LogP contribution in [0.25, 0.3) is 0 Å². The van der Waals surface area contributed by atoms with Crippen molar-refractivity contribution in [3.63, 3.8) is 0 Å². The van der Waals surface area contributed by atoms with Crippen LogP contribution in [0.15, 0.2) is 5.16 Å². The first-order valence-corrected chi connectivity index (χ1v) is 5.77. The molecule has 0 rings (SSSR count). The zero-order valence-electron chi connectivity index (χ0n) is 10.5. The second-order valence-corrected chi connectivity index (χ2v) is 4.86. The van der Waals surface area contributed by atoms with Crippen molar-refractivity contribution < 1.29 is 10.3 Å². The minimum Gasteiger partial charge on any atom is -0.409 e. The minimum absolute atomic E-state index is 0.226. The molecule has 0 aromatic rings. The quantitative estimate of drug-likeness (QED) is 0.164. The van der Waals surface area contributed by atoms with E-state index in [1.54, 1.807) is 6.92 Å². The lowest BCUT2D eigenvalue weighted by molar-refractivity contribution is 0.181. The molecule has 0 aliphatic rings. The number of hydrogen-bond acceptors (Lipinski definition) is 4. The van der Waals surface area contributed by atoms with Crippen LogP contribution >= 0.6 is 0 Å². The van der Waals surface area contributed by atoms with Gasteiger partial charge in [0.15, 0.2) is 0 Å². The predicted octanol–water partition coefficient (Wildman–Crippen LogP) is 0.900. The van der Waals surface area contributed by atoms with Crippen LogP contribution in [0.3, 0.4) is 0 Å². The van der Waals surface area contributed by atoms with Crippen LogP contribution in [0.1, 0.15) is 40.0 Å².